The highest BCUT2D eigenvalue weighted by atomic mass is 35.5. The van der Waals surface area contributed by atoms with Crippen molar-refractivity contribution in [2.24, 2.45) is 0 Å². The van der Waals surface area contributed by atoms with Gasteiger partial charge in [0.2, 0.25) is 0 Å². The Morgan fingerprint density at radius 1 is 0.852 bits per heavy atom. The third-order valence-electron chi connectivity index (χ3n) is 4.96. The maximum Gasteiger partial charge on any atom is 0.138 e. The Balaban J connectivity index is 1.50. The number of rotatable bonds is 8. The van der Waals surface area contributed by atoms with E-state index in [-0.39, 0.29) is 17.6 Å². The molecule has 27 heavy (non-hydrogen) atoms. The molecule has 0 spiro atoms. The summed E-state index contributed by atoms with van der Waals surface area (Å²) in [5.74, 6) is 1.35. The van der Waals surface area contributed by atoms with Gasteiger partial charge in [-0.1, -0.05) is 49.2 Å². The molecule has 0 radical (unpaired) electrons. The number of benzene rings is 2. The average Bonchev–Trinajstić information content (AvgIpc) is 3.54. The first-order chi connectivity index (χ1) is 12.9. The van der Waals surface area contributed by atoms with Gasteiger partial charge in [0, 0.05) is 5.41 Å². The summed E-state index contributed by atoms with van der Waals surface area (Å²) in [5.41, 5.74) is 1.89. The van der Waals surface area contributed by atoms with E-state index >= 15 is 0 Å². The van der Waals surface area contributed by atoms with Gasteiger partial charge in [-0.25, -0.2) is 0 Å². The lowest BCUT2D eigenvalue weighted by molar-refractivity contribution is 0.263. The largest absolute Gasteiger partial charge is 0.489 e. The van der Waals surface area contributed by atoms with Crippen LogP contribution in [0.25, 0.3) is 0 Å². The number of hydrogen-bond acceptors (Lipinski definition) is 4. The lowest BCUT2D eigenvalue weighted by Crippen LogP contribution is -2.19. The molecule has 0 amide bonds. The molecule has 2 aliphatic rings. The predicted octanol–water partition coefficient (Wildman–Crippen LogP) is 4.87. The molecule has 0 N–H and O–H groups in total. The molecule has 4 nitrogen and oxygen atoms in total. The molecule has 2 heterocycles. The van der Waals surface area contributed by atoms with Crippen LogP contribution < -0.4 is 9.47 Å². The van der Waals surface area contributed by atoms with E-state index in [9.17, 15) is 0 Å². The fraction of sp³-hybridized carbons (Fsp3) is 0.429. The second kappa shape index (κ2) is 7.51. The van der Waals surface area contributed by atoms with Gasteiger partial charge in [0.15, 0.2) is 0 Å². The molecule has 2 aromatic rings. The van der Waals surface area contributed by atoms with Gasteiger partial charge in [0.25, 0.3) is 0 Å². The van der Waals surface area contributed by atoms with Gasteiger partial charge in [-0.2, -0.15) is 0 Å². The minimum atomic E-state index is -0.274. The maximum absolute atomic E-state index is 6.44. The lowest BCUT2D eigenvalue weighted by atomic mass is 9.78. The topological polar surface area (TPSA) is 43.5 Å². The van der Waals surface area contributed by atoms with Crippen molar-refractivity contribution < 1.29 is 18.9 Å². The van der Waals surface area contributed by atoms with Gasteiger partial charge in [-0.3, -0.25) is 0 Å². The Kier molecular flexibility index (Phi) is 5.26. The van der Waals surface area contributed by atoms with E-state index in [0.717, 1.165) is 24.3 Å². The first-order valence-electron chi connectivity index (χ1n) is 9.02. The van der Waals surface area contributed by atoms with Crippen molar-refractivity contribution in [2.75, 3.05) is 26.4 Å². The van der Waals surface area contributed by atoms with E-state index in [4.69, 9.17) is 42.1 Å². The summed E-state index contributed by atoms with van der Waals surface area (Å²) >= 11 is 12.9. The Morgan fingerprint density at radius 2 is 1.26 bits per heavy atom. The van der Waals surface area contributed by atoms with Crippen molar-refractivity contribution in [3.8, 4) is 11.5 Å². The standard InChI is InChI=1S/C21H22Cl2O4/c1-21(2,13-3-5-19(17(22)7-13)26-11-15-9-24-15)14-4-6-20(18(23)8-14)27-12-16-10-25-16/h3-8,15-16H,9-12H2,1-2H3. The van der Waals surface area contributed by atoms with E-state index < -0.39 is 0 Å². The summed E-state index contributed by atoms with van der Waals surface area (Å²) < 4.78 is 21.8. The zero-order chi connectivity index (χ0) is 19.0. The monoisotopic (exact) mass is 408 g/mol. The van der Waals surface area contributed by atoms with Crippen molar-refractivity contribution >= 4 is 23.2 Å². The molecule has 0 aromatic heterocycles. The molecule has 2 fully saturated rings. The molecule has 0 bridgehead atoms. The number of epoxide rings is 2. The first-order valence-corrected chi connectivity index (χ1v) is 9.78. The fourth-order valence-electron chi connectivity index (χ4n) is 2.87. The van der Waals surface area contributed by atoms with Gasteiger partial charge in [-0.05, 0) is 35.4 Å². The summed E-state index contributed by atoms with van der Waals surface area (Å²) in [5, 5.41) is 1.19. The second-order valence-electron chi connectivity index (χ2n) is 7.45. The minimum absolute atomic E-state index is 0.200. The second-order valence-corrected chi connectivity index (χ2v) is 8.26. The van der Waals surface area contributed by atoms with E-state index in [0.29, 0.717) is 34.8 Å². The molecule has 0 aliphatic carbocycles. The summed E-state index contributed by atoms with van der Waals surface area (Å²) in [7, 11) is 0. The SMILES string of the molecule is CC(C)(c1ccc(OCC2CO2)c(Cl)c1)c1ccc(OCC2CO2)c(Cl)c1. The van der Waals surface area contributed by atoms with E-state index in [1.54, 1.807) is 0 Å². The molecule has 0 saturated carbocycles. The number of halogens is 2. The number of ether oxygens (including phenoxy) is 4. The Morgan fingerprint density at radius 3 is 1.59 bits per heavy atom. The average molecular weight is 409 g/mol. The van der Waals surface area contributed by atoms with Crippen molar-refractivity contribution in [1.82, 2.24) is 0 Å². The van der Waals surface area contributed by atoms with Crippen LogP contribution in [0.4, 0.5) is 0 Å². The molecule has 2 aromatic carbocycles. The van der Waals surface area contributed by atoms with E-state index in [1.165, 1.54) is 0 Å². The fourth-order valence-corrected chi connectivity index (χ4v) is 3.34. The first kappa shape index (κ1) is 18.9. The third kappa shape index (κ3) is 4.52. The van der Waals surface area contributed by atoms with Crippen LogP contribution in [0.2, 0.25) is 10.0 Å². The normalized spacial score (nSPS) is 21.0. The predicted molar refractivity (Wildman–Crippen MR) is 106 cm³/mol. The molecule has 144 valence electrons. The highest BCUT2D eigenvalue weighted by Gasteiger charge is 2.27. The molecule has 2 atom stereocenters. The van der Waals surface area contributed by atoms with Crippen LogP contribution in [0.1, 0.15) is 25.0 Å². The van der Waals surface area contributed by atoms with Crippen molar-refractivity contribution in [1.29, 1.82) is 0 Å². The quantitative estimate of drug-likeness (QED) is 0.584. The van der Waals surface area contributed by atoms with E-state index in [1.807, 2.05) is 36.4 Å². The summed E-state index contributed by atoms with van der Waals surface area (Å²) in [6, 6.07) is 11.8. The smallest absolute Gasteiger partial charge is 0.138 e. The van der Waals surface area contributed by atoms with E-state index in [2.05, 4.69) is 13.8 Å². The molecule has 2 aliphatic heterocycles. The molecule has 6 heteroatoms. The number of hydrogen-bond donors (Lipinski definition) is 0. The van der Waals surface area contributed by atoms with Crippen LogP contribution in [0.15, 0.2) is 36.4 Å². The minimum Gasteiger partial charge on any atom is -0.489 e. The molecular formula is C21H22Cl2O4. The van der Waals surface area contributed by atoms with Crippen LogP contribution in [0, 0.1) is 0 Å². The van der Waals surface area contributed by atoms with Crippen molar-refractivity contribution in [2.45, 2.75) is 31.5 Å². The zero-order valence-corrected chi connectivity index (χ0v) is 16.8. The Hall–Kier alpha value is -1.46. The van der Waals surface area contributed by atoms with Gasteiger partial charge < -0.3 is 18.9 Å². The highest BCUT2D eigenvalue weighted by molar-refractivity contribution is 6.32. The lowest BCUT2D eigenvalue weighted by Gasteiger charge is -2.27. The van der Waals surface area contributed by atoms with Gasteiger partial charge in [0.05, 0.1) is 23.3 Å². The molecule has 2 saturated heterocycles. The third-order valence-corrected chi connectivity index (χ3v) is 5.55. The summed E-state index contributed by atoms with van der Waals surface area (Å²) in [4.78, 5) is 0. The van der Waals surface area contributed by atoms with Gasteiger partial charge >= 0.3 is 0 Å². The molecular weight excluding hydrogens is 387 g/mol. The highest BCUT2D eigenvalue weighted by Crippen LogP contribution is 2.38. The Bertz CT molecular complexity index is 761. The van der Waals surface area contributed by atoms with Gasteiger partial charge in [0.1, 0.15) is 36.9 Å². The summed E-state index contributed by atoms with van der Waals surface area (Å²) in [6.45, 7) is 6.87. The van der Waals surface area contributed by atoms with Crippen LogP contribution in [0.3, 0.4) is 0 Å². The zero-order valence-electron chi connectivity index (χ0n) is 15.3. The molecule has 4 rings (SSSR count). The van der Waals surface area contributed by atoms with Crippen LogP contribution >= 0.6 is 23.2 Å². The maximum atomic E-state index is 6.44. The van der Waals surface area contributed by atoms with Crippen LogP contribution in [-0.4, -0.2) is 38.6 Å². The summed E-state index contributed by atoms with van der Waals surface area (Å²) in [6.07, 6.45) is 0.401. The van der Waals surface area contributed by atoms with Crippen molar-refractivity contribution in [3.05, 3.63) is 57.6 Å². The van der Waals surface area contributed by atoms with Gasteiger partial charge in [-0.15, -0.1) is 0 Å². The van der Waals surface area contributed by atoms with Crippen molar-refractivity contribution in [3.63, 3.8) is 0 Å². The van der Waals surface area contributed by atoms with Crippen LogP contribution in [-0.2, 0) is 14.9 Å². The van der Waals surface area contributed by atoms with Crippen LogP contribution in [0.5, 0.6) is 11.5 Å². The Labute approximate surface area is 169 Å². The molecule has 2 unspecified atom stereocenters.